The molecular weight excluding hydrogens is 220 g/mol. The predicted molar refractivity (Wildman–Crippen MR) is 56.4 cm³/mol. The monoisotopic (exact) mass is 228 g/mol. The molecule has 0 aliphatic rings. The van der Waals surface area contributed by atoms with E-state index in [0.29, 0.717) is 5.15 Å². The van der Waals surface area contributed by atoms with E-state index in [1.165, 1.54) is 11.3 Å². The first-order valence-corrected chi connectivity index (χ1v) is 5.57. The van der Waals surface area contributed by atoms with Crippen LogP contribution in [0.25, 0.3) is 10.7 Å². The van der Waals surface area contributed by atoms with Crippen LogP contribution >= 0.6 is 22.9 Å². The third kappa shape index (κ3) is 1.78. The quantitative estimate of drug-likeness (QED) is 0.811. The lowest BCUT2D eigenvalue weighted by atomic mass is 10.4. The van der Waals surface area contributed by atoms with Crippen molar-refractivity contribution in [1.29, 1.82) is 0 Å². The van der Waals surface area contributed by atoms with Crippen molar-refractivity contribution in [2.45, 2.75) is 19.9 Å². The summed E-state index contributed by atoms with van der Waals surface area (Å²) in [6, 6.07) is 0. The Hall–Kier alpha value is -0.940. The molecule has 74 valence electrons. The third-order valence-corrected chi connectivity index (χ3v) is 2.94. The number of nitrogens with zero attached hydrogens (tertiary/aromatic N) is 4. The van der Waals surface area contributed by atoms with Gasteiger partial charge in [0.2, 0.25) is 0 Å². The Morgan fingerprint density at radius 3 is 3.07 bits per heavy atom. The molecule has 6 heteroatoms. The SMILES string of the molecule is CCCn1nncc1-c1nc(Cl)cs1. The molecule has 2 aromatic heterocycles. The summed E-state index contributed by atoms with van der Waals surface area (Å²) in [4.78, 5) is 4.18. The van der Waals surface area contributed by atoms with E-state index in [9.17, 15) is 0 Å². The average molecular weight is 229 g/mol. The molecule has 0 fully saturated rings. The Morgan fingerprint density at radius 1 is 1.57 bits per heavy atom. The Bertz CT molecular complexity index is 422. The second kappa shape index (κ2) is 4.06. The largest absolute Gasteiger partial charge is 0.242 e. The number of thiazole rings is 1. The number of hydrogen-bond donors (Lipinski definition) is 0. The molecule has 0 aliphatic heterocycles. The van der Waals surface area contributed by atoms with Crippen molar-refractivity contribution in [3.05, 3.63) is 16.7 Å². The molecule has 2 rings (SSSR count). The van der Waals surface area contributed by atoms with Crippen molar-refractivity contribution in [2.24, 2.45) is 0 Å². The van der Waals surface area contributed by atoms with Crippen LogP contribution in [-0.4, -0.2) is 20.0 Å². The number of hydrogen-bond acceptors (Lipinski definition) is 4. The maximum Gasteiger partial charge on any atom is 0.144 e. The van der Waals surface area contributed by atoms with Gasteiger partial charge in [-0.15, -0.1) is 16.4 Å². The summed E-state index contributed by atoms with van der Waals surface area (Å²) >= 11 is 7.26. The minimum absolute atomic E-state index is 0.522. The Kier molecular flexibility index (Phi) is 2.79. The molecule has 4 nitrogen and oxygen atoms in total. The number of rotatable bonds is 3. The third-order valence-electron chi connectivity index (χ3n) is 1.75. The van der Waals surface area contributed by atoms with E-state index in [1.54, 1.807) is 11.6 Å². The summed E-state index contributed by atoms with van der Waals surface area (Å²) in [6.07, 6.45) is 2.74. The topological polar surface area (TPSA) is 43.6 Å². The summed E-state index contributed by atoms with van der Waals surface area (Å²) in [5.41, 5.74) is 0.934. The fourth-order valence-electron chi connectivity index (χ4n) is 1.17. The van der Waals surface area contributed by atoms with Gasteiger partial charge in [-0.2, -0.15) is 0 Å². The number of aryl methyl sites for hydroxylation is 1. The van der Waals surface area contributed by atoms with Crippen LogP contribution in [-0.2, 0) is 6.54 Å². The molecule has 0 spiro atoms. The zero-order chi connectivity index (χ0) is 9.97. The van der Waals surface area contributed by atoms with Gasteiger partial charge in [-0.3, -0.25) is 0 Å². The molecule has 2 aromatic rings. The molecule has 0 saturated heterocycles. The van der Waals surface area contributed by atoms with E-state index in [4.69, 9.17) is 11.6 Å². The van der Waals surface area contributed by atoms with Gasteiger partial charge in [-0.05, 0) is 6.42 Å². The van der Waals surface area contributed by atoms with E-state index >= 15 is 0 Å². The normalized spacial score (nSPS) is 10.7. The standard InChI is InChI=1S/C8H9ClN4S/c1-2-3-13-6(4-10-12-13)8-11-7(9)5-14-8/h4-5H,2-3H2,1H3. The molecule has 0 unspecified atom stereocenters. The summed E-state index contributed by atoms with van der Waals surface area (Å²) < 4.78 is 1.84. The van der Waals surface area contributed by atoms with Gasteiger partial charge in [-0.1, -0.05) is 23.7 Å². The van der Waals surface area contributed by atoms with E-state index in [-0.39, 0.29) is 0 Å². The summed E-state index contributed by atoms with van der Waals surface area (Å²) in [7, 11) is 0. The van der Waals surface area contributed by atoms with E-state index in [0.717, 1.165) is 23.7 Å². The van der Waals surface area contributed by atoms with Crippen LogP contribution in [0.3, 0.4) is 0 Å². The Labute approximate surface area is 90.5 Å². The first-order valence-electron chi connectivity index (χ1n) is 4.31. The highest BCUT2D eigenvalue weighted by Crippen LogP contribution is 2.24. The van der Waals surface area contributed by atoms with E-state index in [2.05, 4.69) is 22.2 Å². The Morgan fingerprint density at radius 2 is 2.43 bits per heavy atom. The van der Waals surface area contributed by atoms with Crippen molar-refractivity contribution in [1.82, 2.24) is 20.0 Å². The fourth-order valence-corrected chi connectivity index (χ4v) is 2.13. The van der Waals surface area contributed by atoms with Crippen molar-refractivity contribution in [2.75, 3.05) is 0 Å². The van der Waals surface area contributed by atoms with Gasteiger partial charge in [0.25, 0.3) is 0 Å². The second-order valence-electron chi connectivity index (χ2n) is 2.82. The fraction of sp³-hybridized carbons (Fsp3) is 0.375. The average Bonchev–Trinajstić information content (AvgIpc) is 2.74. The van der Waals surface area contributed by atoms with Gasteiger partial charge >= 0.3 is 0 Å². The Balaban J connectivity index is 2.36. The second-order valence-corrected chi connectivity index (χ2v) is 4.06. The summed E-state index contributed by atoms with van der Waals surface area (Å²) in [6.45, 7) is 2.95. The molecule has 0 aliphatic carbocycles. The first-order chi connectivity index (χ1) is 6.81. The van der Waals surface area contributed by atoms with Gasteiger partial charge < -0.3 is 0 Å². The van der Waals surface area contributed by atoms with Crippen molar-refractivity contribution in [3.63, 3.8) is 0 Å². The summed E-state index contributed by atoms with van der Waals surface area (Å²) in [5, 5.41) is 11.0. The molecular formula is C8H9ClN4S. The highest BCUT2D eigenvalue weighted by Gasteiger charge is 2.09. The van der Waals surface area contributed by atoms with Gasteiger partial charge in [-0.25, -0.2) is 9.67 Å². The van der Waals surface area contributed by atoms with Gasteiger partial charge in [0.15, 0.2) is 0 Å². The number of halogens is 1. The molecule has 0 atom stereocenters. The van der Waals surface area contributed by atoms with Gasteiger partial charge in [0.1, 0.15) is 15.9 Å². The molecule has 0 bridgehead atoms. The van der Waals surface area contributed by atoms with E-state index < -0.39 is 0 Å². The predicted octanol–water partition coefficient (Wildman–Crippen LogP) is 2.47. The zero-order valence-electron chi connectivity index (χ0n) is 7.64. The zero-order valence-corrected chi connectivity index (χ0v) is 9.22. The van der Waals surface area contributed by atoms with Crippen molar-refractivity contribution < 1.29 is 0 Å². The minimum Gasteiger partial charge on any atom is -0.242 e. The van der Waals surface area contributed by atoms with Crippen molar-refractivity contribution in [3.8, 4) is 10.7 Å². The summed E-state index contributed by atoms with van der Waals surface area (Å²) in [5.74, 6) is 0. The van der Waals surface area contributed by atoms with Crippen LogP contribution in [0.15, 0.2) is 11.6 Å². The van der Waals surface area contributed by atoms with Crippen LogP contribution in [0.4, 0.5) is 0 Å². The van der Waals surface area contributed by atoms with Gasteiger partial charge in [0, 0.05) is 11.9 Å². The first kappa shape index (κ1) is 9.61. The molecule has 0 N–H and O–H groups in total. The van der Waals surface area contributed by atoms with Crippen LogP contribution in [0.2, 0.25) is 5.15 Å². The molecule has 0 radical (unpaired) electrons. The molecule has 14 heavy (non-hydrogen) atoms. The maximum absolute atomic E-state index is 5.76. The molecule has 0 saturated carbocycles. The van der Waals surface area contributed by atoms with Crippen LogP contribution < -0.4 is 0 Å². The number of aromatic nitrogens is 4. The molecule has 0 amide bonds. The van der Waals surface area contributed by atoms with E-state index in [1.807, 2.05) is 4.68 Å². The van der Waals surface area contributed by atoms with Gasteiger partial charge in [0.05, 0.1) is 6.20 Å². The smallest absolute Gasteiger partial charge is 0.144 e. The van der Waals surface area contributed by atoms with Crippen LogP contribution in [0, 0.1) is 0 Å². The van der Waals surface area contributed by atoms with Crippen LogP contribution in [0.5, 0.6) is 0 Å². The highest BCUT2D eigenvalue weighted by atomic mass is 35.5. The lowest BCUT2D eigenvalue weighted by molar-refractivity contribution is 0.584. The van der Waals surface area contributed by atoms with Crippen LogP contribution in [0.1, 0.15) is 13.3 Å². The highest BCUT2D eigenvalue weighted by molar-refractivity contribution is 7.13. The van der Waals surface area contributed by atoms with Crippen molar-refractivity contribution >= 4 is 22.9 Å². The maximum atomic E-state index is 5.76. The molecule has 0 aromatic carbocycles. The minimum atomic E-state index is 0.522. The lowest BCUT2D eigenvalue weighted by Gasteiger charge is -1.99. The lowest BCUT2D eigenvalue weighted by Crippen LogP contribution is -2.01. The molecule has 2 heterocycles.